The minimum Gasteiger partial charge on any atom is -0.486 e. The van der Waals surface area contributed by atoms with Crippen LogP contribution in [0.3, 0.4) is 0 Å². The van der Waals surface area contributed by atoms with Crippen LogP contribution in [0.25, 0.3) is 4.96 Å². The fourth-order valence-electron chi connectivity index (χ4n) is 1.83. The molecule has 0 unspecified atom stereocenters. The van der Waals surface area contributed by atoms with E-state index in [-0.39, 0.29) is 5.84 Å². The topological polar surface area (TPSA) is 85.1 Å². The maximum absolute atomic E-state index is 8.63. The van der Waals surface area contributed by atoms with E-state index in [1.165, 1.54) is 0 Å². The van der Waals surface area contributed by atoms with E-state index < -0.39 is 0 Å². The van der Waals surface area contributed by atoms with E-state index in [1.54, 1.807) is 29.5 Å². The van der Waals surface area contributed by atoms with Gasteiger partial charge in [0.05, 0.1) is 10.7 Å². The highest BCUT2D eigenvalue weighted by Crippen LogP contribution is 2.26. The summed E-state index contributed by atoms with van der Waals surface area (Å²) in [5.74, 6) is 0.514. The lowest BCUT2D eigenvalue weighted by atomic mass is 10.2. The molecule has 0 aliphatic carbocycles. The van der Waals surface area contributed by atoms with Crippen molar-refractivity contribution in [1.82, 2.24) is 9.38 Å². The van der Waals surface area contributed by atoms with E-state index in [1.807, 2.05) is 22.2 Å². The van der Waals surface area contributed by atoms with Gasteiger partial charge in [-0.05, 0) is 18.2 Å². The van der Waals surface area contributed by atoms with E-state index >= 15 is 0 Å². The highest BCUT2D eigenvalue weighted by atomic mass is 35.5. The highest BCUT2D eigenvalue weighted by Gasteiger charge is 2.08. The van der Waals surface area contributed by atoms with Gasteiger partial charge < -0.3 is 15.7 Å². The summed E-state index contributed by atoms with van der Waals surface area (Å²) in [6, 6.07) is 4.92. The van der Waals surface area contributed by atoms with E-state index in [4.69, 9.17) is 27.3 Å². The Hall–Kier alpha value is -2.25. The highest BCUT2D eigenvalue weighted by molar-refractivity contribution is 7.15. The molecule has 8 heteroatoms. The molecule has 108 valence electrons. The maximum Gasteiger partial charge on any atom is 0.193 e. The summed E-state index contributed by atoms with van der Waals surface area (Å²) in [4.78, 5) is 5.34. The molecule has 3 rings (SSSR count). The molecule has 0 amide bonds. The average Bonchev–Trinajstić information content (AvgIpc) is 3.06. The zero-order valence-corrected chi connectivity index (χ0v) is 12.3. The lowest BCUT2D eigenvalue weighted by Crippen LogP contribution is -2.12. The SMILES string of the molecule is N/C(=N/O)c1ccc(OCc2cn3ccsc3n2)c(Cl)c1. The van der Waals surface area contributed by atoms with Crippen molar-refractivity contribution in [3.8, 4) is 5.75 Å². The third-order valence-corrected chi connectivity index (χ3v) is 3.92. The number of nitrogens with zero attached hydrogens (tertiary/aromatic N) is 3. The fraction of sp³-hybridized carbons (Fsp3) is 0.0769. The summed E-state index contributed by atoms with van der Waals surface area (Å²) in [6.45, 7) is 0.317. The number of imidazole rings is 1. The Labute approximate surface area is 129 Å². The second-order valence-electron chi connectivity index (χ2n) is 4.24. The standard InChI is InChI=1S/C13H11ClN4O2S/c14-10-5-8(12(15)17-19)1-2-11(10)20-7-9-6-18-3-4-21-13(18)16-9/h1-6,19H,7H2,(H2,15,17). The van der Waals surface area contributed by atoms with Gasteiger partial charge >= 0.3 is 0 Å². The van der Waals surface area contributed by atoms with E-state index in [9.17, 15) is 0 Å². The molecule has 21 heavy (non-hydrogen) atoms. The van der Waals surface area contributed by atoms with Gasteiger partial charge in [0.25, 0.3) is 0 Å². The van der Waals surface area contributed by atoms with Crippen molar-refractivity contribution in [2.24, 2.45) is 10.9 Å². The first-order chi connectivity index (χ1) is 10.2. The van der Waals surface area contributed by atoms with Crippen LogP contribution in [-0.4, -0.2) is 20.4 Å². The van der Waals surface area contributed by atoms with Crippen LogP contribution in [0.15, 0.2) is 41.1 Å². The predicted molar refractivity (Wildman–Crippen MR) is 81.4 cm³/mol. The molecular formula is C13H11ClN4O2S. The third kappa shape index (κ3) is 2.79. The van der Waals surface area contributed by atoms with Crippen LogP contribution < -0.4 is 10.5 Å². The molecular weight excluding hydrogens is 312 g/mol. The Morgan fingerprint density at radius 3 is 3.10 bits per heavy atom. The van der Waals surface area contributed by atoms with Gasteiger partial charge in [-0.25, -0.2) is 4.98 Å². The van der Waals surface area contributed by atoms with Crippen LogP contribution >= 0.6 is 22.9 Å². The molecule has 0 radical (unpaired) electrons. The summed E-state index contributed by atoms with van der Waals surface area (Å²) in [5, 5.41) is 13.9. The number of ether oxygens (including phenoxy) is 1. The predicted octanol–water partition coefficient (Wildman–Crippen LogP) is 2.72. The number of amidine groups is 1. The Morgan fingerprint density at radius 2 is 2.38 bits per heavy atom. The van der Waals surface area contributed by atoms with Crippen LogP contribution in [0.1, 0.15) is 11.3 Å². The number of nitrogens with two attached hydrogens (primary N) is 1. The number of halogens is 1. The zero-order valence-electron chi connectivity index (χ0n) is 10.7. The minimum absolute atomic E-state index is 0.00205. The maximum atomic E-state index is 8.63. The second-order valence-corrected chi connectivity index (χ2v) is 5.52. The third-order valence-electron chi connectivity index (χ3n) is 2.85. The van der Waals surface area contributed by atoms with Crippen molar-refractivity contribution in [2.45, 2.75) is 6.61 Å². The molecule has 0 saturated heterocycles. The number of thiazole rings is 1. The number of oxime groups is 1. The van der Waals surface area contributed by atoms with Gasteiger partial charge in [-0.1, -0.05) is 16.8 Å². The van der Waals surface area contributed by atoms with Crippen molar-refractivity contribution in [1.29, 1.82) is 0 Å². The molecule has 1 aromatic carbocycles. The number of benzene rings is 1. The smallest absolute Gasteiger partial charge is 0.193 e. The summed E-state index contributed by atoms with van der Waals surface area (Å²) >= 11 is 7.67. The van der Waals surface area contributed by atoms with E-state index in [0.717, 1.165) is 10.7 Å². The quantitative estimate of drug-likeness (QED) is 0.335. The van der Waals surface area contributed by atoms with Gasteiger partial charge in [0.15, 0.2) is 10.8 Å². The molecule has 0 spiro atoms. The summed E-state index contributed by atoms with van der Waals surface area (Å²) in [6.07, 6.45) is 3.85. The van der Waals surface area contributed by atoms with Gasteiger partial charge in [-0.15, -0.1) is 11.3 Å². The number of fused-ring (bicyclic) bond motifs is 1. The first kappa shape index (κ1) is 13.7. The largest absolute Gasteiger partial charge is 0.486 e. The number of hydrogen-bond donors (Lipinski definition) is 2. The van der Waals surface area contributed by atoms with Crippen LogP contribution in [0.4, 0.5) is 0 Å². The minimum atomic E-state index is -0.00205. The Morgan fingerprint density at radius 1 is 1.52 bits per heavy atom. The lowest BCUT2D eigenvalue weighted by Gasteiger charge is -2.07. The first-order valence-electron chi connectivity index (χ1n) is 5.98. The van der Waals surface area contributed by atoms with Crippen LogP contribution in [0.5, 0.6) is 5.75 Å². The van der Waals surface area contributed by atoms with Crippen molar-refractivity contribution in [2.75, 3.05) is 0 Å². The van der Waals surface area contributed by atoms with Gasteiger partial charge in [-0.2, -0.15) is 0 Å². The van der Waals surface area contributed by atoms with Gasteiger partial charge in [0.1, 0.15) is 12.4 Å². The molecule has 2 aromatic heterocycles. The second kappa shape index (κ2) is 5.63. The molecule has 3 aromatic rings. The summed E-state index contributed by atoms with van der Waals surface area (Å²) in [5.41, 5.74) is 6.84. The summed E-state index contributed by atoms with van der Waals surface area (Å²) in [7, 11) is 0. The molecule has 2 heterocycles. The molecule has 0 aliphatic rings. The zero-order chi connectivity index (χ0) is 14.8. The fourth-order valence-corrected chi connectivity index (χ4v) is 2.79. The van der Waals surface area contributed by atoms with Crippen molar-refractivity contribution >= 4 is 33.7 Å². The van der Waals surface area contributed by atoms with Crippen LogP contribution in [0.2, 0.25) is 5.02 Å². The van der Waals surface area contributed by atoms with Gasteiger partial charge in [-0.3, -0.25) is 4.40 Å². The van der Waals surface area contributed by atoms with Crippen molar-refractivity contribution in [3.05, 3.63) is 52.3 Å². The monoisotopic (exact) mass is 322 g/mol. The van der Waals surface area contributed by atoms with E-state index in [0.29, 0.717) is 22.9 Å². The summed E-state index contributed by atoms with van der Waals surface area (Å²) < 4.78 is 7.58. The lowest BCUT2D eigenvalue weighted by molar-refractivity contribution is 0.302. The van der Waals surface area contributed by atoms with Crippen LogP contribution in [-0.2, 0) is 6.61 Å². The molecule has 0 saturated carbocycles. The van der Waals surface area contributed by atoms with Gasteiger partial charge in [0.2, 0.25) is 0 Å². The molecule has 3 N–H and O–H groups in total. The normalized spacial score (nSPS) is 12.0. The molecule has 0 aliphatic heterocycles. The molecule has 6 nitrogen and oxygen atoms in total. The van der Waals surface area contributed by atoms with E-state index in [2.05, 4.69) is 10.1 Å². The number of aromatic nitrogens is 2. The Balaban J connectivity index is 1.74. The Bertz CT molecular complexity index is 783. The molecule has 0 fully saturated rings. The number of hydrogen-bond acceptors (Lipinski definition) is 5. The first-order valence-corrected chi connectivity index (χ1v) is 7.24. The number of rotatable bonds is 4. The van der Waals surface area contributed by atoms with Gasteiger partial charge in [0, 0.05) is 23.3 Å². The van der Waals surface area contributed by atoms with Crippen molar-refractivity contribution < 1.29 is 9.94 Å². The average molecular weight is 323 g/mol. The molecule has 0 atom stereocenters. The Kier molecular flexibility index (Phi) is 3.68. The van der Waals surface area contributed by atoms with Crippen molar-refractivity contribution in [3.63, 3.8) is 0 Å². The molecule has 0 bridgehead atoms. The van der Waals surface area contributed by atoms with Crippen LogP contribution in [0, 0.1) is 0 Å².